The standard InChI is InChI=1S/C21H26FNO6S/c1-4-13-6-10-18(16(20(13)22)9-7-14(24)5-2)23-30(27,28)15-8-11-19(25)17(12-15)21(26)29-3/h6,8,10-12,14,23-25H,4-5,7,9H2,1-3H3. The van der Waals surface area contributed by atoms with Crippen LogP contribution in [0.4, 0.5) is 10.1 Å². The third-order valence-corrected chi connectivity index (χ3v) is 6.19. The topological polar surface area (TPSA) is 113 Å². The lowest BCUT2D eigenvalue weighted by Crippen LogP contribution is -2.17. The van der Waals surface area contributed by atoms with Crippen molar-refractivity contribution in [3.8, 4) is 5.75 Å². The molecule has 0 amide bonds. The average Bonchev–Trinajstić information content (AvgIpc) is 2.72. The zero-order chi connectivity index (χ0) is 22.5. The molecule has 0 aliphatic heterocycles. The highest BCUT2D eigenvalue weighted by atomic mass is 32.2. The first-order chi connectivity index (χ1) is 14.1. The lowest BCUT2D eigenvalue weighted by Gasteiger charge is -2.17. The number of aryl methyl sites for hydroxylation is 1. The van der Waals surface area contributed by atoms with Crippen molar-refractivity contribution < 1.29 is 32.6 Å². The summed E-state index contributed by atoms with van der Waals surface area (Å²) in [6.07, 6.45) is 0.734. The van der Waals surface area contributed by atoms with Crippen molar-refractivity contribution >= 4 is 21.7 Å². The molecule has 30 heavy (non-hydrogen) atoms. The Bertz CT molecular complexity index is 1020. The van der Waals surface area contributed by atoms with E-state index in [2.05, 4.69) is 9.46 Å². The molecule has 1 unspecified atom stereocenters. The van der Waals surface area contributed by atoms with Gasteiger partial charge in [0.25, 0.3) is 10.0 Å². The summed E-state index contributed by atoms with van der Waals surface area (Å²) in [6.45, 7) is 3.59. The van der Waals surface area contributed by atoms with Gasteiger partial charge in [-0.05, 0) is 55.5 Å². The van der Waals surface area contributed by atoms with Crippen LogP contribution >= 0.6 is 0 Å². The molecule has 0 fully saturated rings. The summed E-state index contributed by atoms with van der Waals surface area (Å²) in [7, 11) is -3.09. The third kappa shape index (κ3) is 5.28. The number of rotatable bonds is 9. The number of carbonyl (C=O) groups excluding carboxylic acids is 1. The highest BCUT2D eigenvalue weighted by molar-refractivity contribution is 7.92. The number of halogens is 1. The first-order valence-corrected chi connectivity index (χ1v) is 11.0. The molecule has 0 heterocycles. The molecule has 0 radical (unpaired) electrons. The first kappa shape index (κ1) is 23.6. The molecule has 3 N–H and O–H groups in total. The van der Waals surface area contributed by atoms with E-state index in [1.54, 1.807) is 13.8 Å². The number of nitrogens with one attached hydrogen (secondary N) is 1. The number of phenols is 1. The lowest BCUT2D eigenvalue weighted by atomic mass is 9.99. The second-order valence-corrected chi connectivity index (χ2v) is 8.48. The number of carbonyl (C=O) groups is 1. The van der Waals surface area contributed by atoms with E-state index in [0.717, 1.165) is 25.3 Å². The van der Waals surface area contributed by atoms with Crippen LogP contribution in [0.5, 0.6) is 5.75 Å². The molecule has 0 spiro atoms. The molecule has 1 atom stereocenters. The SMILES string of the molecule is CCc1ccc(NS(=O)(=O)c2ccc(O)c(C(=O)OC)c2)c(CCC(O)CC)c1F. The number of hydrogen-bond acceptors (Lipinski definition) is 6. The zero-order valence-electron chi connectivity index (χ0n) is 17.1. The van der Waals surface area contributed by atoms with Gasteiger partial charge in [-0.2, -0.15) is 0 Å². The molecule has 2 rings (SSSR count). The number of aliphatic hydroxyl groups excluding tert-OH is 1. The van der Waals surface area contributed by atoms with Crippen LogP contribution < -0.4 is 4.72 Å². The Hall–Kier alpha value is -2.65. The minimum absolute atomic E-state index is 0.0562. The summed E-state index contributed by atoms with van der Waals surface area (Å²) in [5, 5.41) is 19.6. The fraction of sp³-hybridized carbons (Fsp3) is 0.381. The van der Waals surface area contributed by atoms with Gasteiger partial charge in [0.15, 0.2) is 0 Å². The molecular weight excluding hydrogens is 413 g/mol. The van der Waals surface area contributed by atoms with Crippen LogP contribution in [0.1, 0.15) is 48.2 Å². The maximum atomic E-state index is 14.9. The number of aromatic hydroxyl groups is 1. The summed E-state index contributed by atoms with van der Waals surface area (Å²) in [6, 6.07) is 6.17. The van der Waals surface area contributed by atoms with Gasteiger partial charge in [0.2, 0.25) is 0 Å². The van der Waals surface area contributed by atoms with Gasteiger partial charge in [-0.15, -0.1) is 0 Å². The fourth-order valence-electron chi connectivity index (χ4n) is 2.96. The number of hydrogen-bond donors (Lipinski definition) is 3. The van der Waals surface area contributed by atoms with Crippen molar-refractivity contribution in [1.29, 1.82) is 0 Å². The summed E-state index contributed by atoms with van der Waals surface area (Å²) < 4.78 is 47.6. The van der Waals surface area contributed by atoms with Crippen molar-refractivity contribution in [1.82, 2.24) is 0 Å². The van der Waals surface area contributed by atoms with Crippen molar-refractivity contribution in [2.75, 3.05) is 11.8 Å². The number of phenolic OH excluding ortho intramolecular Hbond substituents is 1. The highest BCUT2D eigenvalue weighted by Crippen LogP contribution is 2.29. The van der Waals surface area contributed by atoms with E-state index in [1.807, 2.05) is 0 Å². The monoisotopic (exact) mass is 439 g/mol. The maximum Gasteiger partial charge on any atom is 0.341 e. The van der Waals surface area contributed by atoms with Gasteiger partial charge in [0, 0.05) is 5.56 Å². The normalized spacial score (nSPS) is 12.4. The Morgan fingerprint density at radius 3 is 2.53 bits per heavy atom. The molecule has 0 saturated carbocycles. The molecule has 2 aromatic carbocycles. The first-order valence-electron chi connectivity index (χ1n) is 9.57. The molecule has 0 aliphatic rings. The van der Waals surface area contributed by atoms with Gasteiger partial charge in [0.1, 0.15) is 17.1 Å². The van der Waals surface area contributed by atoms with Crippen LogP contribution in [0.2, 0.25) is 0 Å². The number of methoxy groups -OCH3 is 1. The molecule has 0 aliphatic carbocycles. The zero-order valence-corrected chi connectivity index (χ0v) is 17.9. The van der Waals surface area contributed by atoms with Crippen LogP contribution in [0.3, 0.4) is 0 Å². The fourth-order valence-corrected chi connectivity index (χ4v) is 4.08. The number of benzene rings is 2. The smallest absolute Gasteiger partial charge is 0.341 e. The van der Waals surface area contributed by atoms with Crippen molar-refractivity contribution in [3.63, 3.8) is 0 Å². The van der Waals surface area contributed by atoms with Crippen LogP contribution in [-0.2, 0) is 27.6 Å². The number of anilines is 1. The van der Waals surface area contributed by atoms with E-state index in [1.165, 1.54) is 12.1 Å². The van der Waals surface area contributed by atoms with Crippen LogP contribution in [0.15, 0.2) is 35.2 Å². The Morgan fingerprint density at radius 2 is 1.93 bits per heavy atom. The molecule has 0 aromatic heterocycles. The van der Waals surface area contributed by atoms with E-state index in [9.17, 15) is 27.8 Å². The molecular formula is C21H26FNO6S. The third-order valence-electron chi connectivity index (χ3n) is 4.83. The molecule has 7 nitrogen and oxygen atoms in total. The lowest BCUT2D eigenvalue weighted by molar-refractivity contribution is 0.0597. The van der Waals surface area contributed by atoms with Gasteiger partial charge in [-0.3, -0.25) is 4.72 Å². The van der Waals surface area contributed by atoms with Crippen molar-refractivity contribution in [3.05, 3.63) is 52.8 Å². The van der Waals surface area contributed by atoms with Gasteiger partial charge < -0.3 is 14.9 Å². The number of ether oxygens (including phenoxy) is 1. The van der Waals surface area contributed by atoms with Gasteiger partial charge in [0.05, 0.1) is 23.8 Å². The van der Waals surface area contributed by atoms with Crippen LogP contribution in [0.25, 0.3) is 0 Å². The molecule has 0 saturated heterocycles. The summed E-state index contributed by atoms with van der Waals surface area (Å²) in [5.74, 6) is -1.83. The van der Waals surface area contributed by atoms with E-state index < -0.39 is 33.7 Å². The molecule has 2 aromatic rings. The Balaban J connectivity index is 2.45. The Labute approximate surface area is 175 Å². The summed E-state index contributed by atoms with van der Waals surface area (Å²) in [5.41, 5.74) is 0.355. The van der Waals surface area contributed by atoms with Crippen molar-refractivity contribution in [2.45, 2.75) is 50.5 Å². The largest absolute Gasteiger partial charge is 0.507 e. The highest BCUT2D eigenvalue weighted by Gasteiger charge is 2.22. The van der Waals surface area contributed by atoms with Gasteiger partial charge in [-0.25, -0.2) is 17.6 Å². The van der Waals surface area contributed by atoms with Gasteiger partial charge in [-0.1, -0.05) is 19.9 Å². The minimum atomic E-state index is -4.20. The summed E-state index contributed by atoms with van der Waals surface area (Å²) >= 11 is 0. The Kier molecular flexibility index (Phi) is 7.80. The van der Waals surface area contributed by atoms with E-state index in [0.29, 0.717) is 18.4 Å². The van der Waals surface area contributed by atoms with Crippen molar-refractivity contribution in [2.24, 2.45) is 0 Å². The second kappa shape index (κ2) is 9.90. The van der Waals surface area contributed by atoms with E-state index >= 15 is 0 Å². The van der Waals surface area contributed by atoms with Gasteiger partial charge >= 0.3 is 5.97 Å². The predicted molar refractivity (Wildman–Crippen MR) is 111 cm³/mol. The second-order valence-electron chi connectivity index (χ2n) is 6.80. The number of sulfonamides is 1. The van der Waals surface area contributed by atoms with E-state index in [-0.39, 0.29) is 34.6 Å². The van der Waals surface area contributed by atoms with Crippen LogP contribution in [0, 0.1) is 5.82 Å². The van der Waals surface area contributed by atoms with Crippen LogP contribution in [-0.4, -0.2) is 37.8 Å². The maximum absolute atomic E-state index is 14.9. The Morgan fingerprint density at radius 1 is 1.23 bits per heavy atom. The number of esters is 1. The quantitative estimate of drug-likeness (QED) is 0.516. The minimum Gasteiger partial charge on any atom is -0.507 e. The predicted octanol–water partition coefficient (Wildman–Crippen LogP) is 3.38. The van der Waals surface area contributed by atoms with E-state index in [4.69, 9.17) is 0 Å². The number of aliphatic hydroxyl groups is 1. The molecule has 0 bridgehead atoms. The molecule has 164 valence electrons. The average molecular weight is 440 g/mol. The summed E-state index contributed by atoms with van der Waals surface area (Å²) in [4.78, 5) is 11.5. The molecule has 9 heteroatoms.